The molecule has 0 bridgehead atoms. The highest BCUT2D eigenvalue weighted by atomic mass is 16.5. The number of para-hydroxylation sites is 1. The van der Waals surface area contributed by atoms with E-state index in [-0.39, 0.29) is 0 Å². The van der Waals surface area contributed by atoms with Gasteiger partial charge < -0.3 is 4.74 Å². The van der Waals surface area contributed by atoms with Crippen molar-refractivity contribution in [2.75, 3.05) is 6.61 Å². The lowest BCUT2D eigenvalue weighted by molar-refractivity contribution is 0.293. The van der Waals surface area contributed by atoms with Gasteiger partial charge in [0.2, 0.25) is 5.88 Å². The van der Waals surface area contributed by atoms with Crippen LogP contribution in [0.4, 0.5) is 0 Å². The number of ether oxygens (including phenoxy) is 1. The van der Waals surface area contributed by atoms with Gasteiger partial charge in [-0.25, -0.2) is 4.98 Å². The number of hydrogen-bond acceptors (Lipinski definition) is 3. The predicted molar refractivity (Wildman–Crippen MR) is 80.7 cm³/mol. The Labute approximate surface area is 120 Å². The first-order chi connectivity index (χ1) is 9.85. The number of unbranched alkanes of at least 4 members (excludes halogenated alkanes) is 4. The van der Waals surface area contributed by atoms with Crippen LogP contribution in [0.2, 0.25) is 0 Å². The number of pyridine rings is 1. The van der Waals surface area contributed by atoms with Gasteiger partial charge in [-0.2, -0.15) is 5.26 Å². The van der Waals surface area contributed by atoms with Crippen molar-refractivity contribution in [3.63, 3.8) is 0 Å². The molecule has 0 N–H and O–H groups in total. The number of nitrogens with zero attached hydrogens (tertiary/aromatic N) is 2. The fourth-order valence-corrected chi connectivity index (χ4v) is 2.16. The molecular weight excluding hydrogens is 248 g/mol. The second-order valence-corrected chi connectivity index (χ2v) is 4.91. The molecule has 0 aliphatic rings. The molecule has 0 amide bonds. The first-order valence-corrected chi connectivity index (χ1v) is 7.28. The van der Waals surface area contributed by atoms with E-state index in [0.717, 1.165) is 17.3 Å². The molecule has 0 radical (unpaired) electrons. The summed E-state index contributed by atoms with van der Waals surface area (Å²) < 4.78 is 5.68. The molecule has 1 heterocycles. The molecule has 20 heavy (non-hydrogen) atoms. The van der Waals surface area contributed by atoms with Crippen molar-refractivity contribution < 1.29 is 4.74 Å². The first-order valence-electron chi connectivity index (χ1n) is 7.28. The number of hydrogen-bond donors (Lipinski definition) is 0. The molecule has 0 unspecified atom stereocenters. The van der Waals surface area contributed by atoms with Crippen LogP contribution in [-0.2, 0) is 0 Å². The summed E-state index contributed by atoms with van der Waals surface area (Å²) in [5.74, 6) is 0.460. The summed E-state index contributed by atoms with van der Waals surface area (Å²) in [5.41, 5.74) is 1.38. The molecule has 104 valence electrons. The van der Waals surface area contributed by atoms with Crippen molar-refractivity contribution in [3.05, 3.63) is 35.9 Å². The van der Waals surface area contributed by atoms with Gasteiger partial charge in [-0.1, -0.05) is 50.8 Å². The van der Waals surface area contributed by atoms with E-state index in [1.807, 2.05) is 30.3 Å². The number of aromatic nitrogens is 1. The molecule has 0 fully saturated rings. The number of nitriles is 1. The third-order valence-electron chi connectivity index (χ3n) is 3.30. The number of rotatable bonds is 7. The number of benzene rings is 1. The molecule has 3 heteroatoms. The normalized spacial score (nSPS) is 10.4. The Morgan fingerprint density at radius 3 is 2.75 bits per heavy atom. The van der Waals surface area contributed by atoms with Gasteiger partial charge in [-0.15, -0.1) is 0 Å². The summed E-state index contributed by atoms with van der Waals surface area (Å²) in [7, 11) is 0. The van der Waals surface area contributed by atoms with Gasteiger partial charge in [-0.3, -0.25) is 0 Å². The highest BCUT2D eigenvalue weighted by molar-refractivity contribution is 5.80. The third-order valence-corrected chi connectivity index (χ3v) is 3.30. The van der Waals surface area contributed by atoms with E-state index in [2.05, 4.69) is 18.0 Å². The van der Waals surface area contributed by atoms with Crippen molar-refractivity contribution in [3.8, 4) is 11.9 Å². The molecule has 0 saturated carbocycles. The van der Waals surface area contributed by atoms with Crippen LogP contribution in [0.3, 0.4) is 0 Å². The molecule has 0 aliphatic carbocycles. The van der Waals surface area contributed by atoms with Crippen molar-refractivity contribution in [2.45, 2.75) is 39.0 Å². The first kappa shape index (κ1) is 14.3. The summed E-state index contributed by atoms with van der Waals surface area (Å²) in [5, 5.41) is 10.2. The Bertz CT molecular complexity index is 601. The highest BCUT2D eigenvalue weighted by Crippen LogP contribution is 2.21. The van der Waals surface area contributed by atoms with E-state index >= 15 is 0 Å². The standard InChI is InChI=1S/C17H20N2O/c1-2-3-4-5-8-11-20-17-15(13-18)12-14-9-6-7-10-16(14)19-17/h6-7,9-10,12H,2-5,8,11H2,1H3. The van der Waals surface area contributed by atoms with Gasteiger partial charge in [0.05, 0.1) is 12.1 Å². The minimum atomic E-state index is 0.460. The molecule has 0 atom stereocenters. The molecule has 0 aliphatic heterocycles. The van der Waals surface area contributed by atoms with Crippen LogP contribution in [0, 0.1) is 11.3 Å². The summed E-state index contributed by atoms with van der Waals surface area (Å²) in [6.45, 7) is 2.83. The van der Waals surface area contributed by atoms with E-state index in [0.29, 0.717) is 18.1 Å². The van der Waals surface area contributed by atoms with E-state index in [1.54, 1.807) is 0 Å². The molecule has 2 rings (SSSR count). The van der Waals surface area contributed by atoms with E-state index < -0.39 is 0 Å². The molecular formula is C17H20N2O. The van der Waals surface area contributed by atoms with Crippen LogP contribution in [0.25, 0.3) is 10.9 Å². The Morgan fingerprint density at radius 2 is 1.95 bits per heavy atom. The van der Waals surface area contributed by atoms with E-state index in [9.17, 15) is 5.26 Å². The summed E-state index contributed by atoms with van der Waals surface area (Å²) in [6.07, 6.45) is 5.95. The highest BCUT2D eigenvalue weighted by Gasteiger charge is 2.07. The van der Waals surface area contributed by atoms with Crippen LogP contribution in [-0.4, -0.2) is 11.6 Å². The lowest BCUT2D eigenvalue weighted by atomic mass is 10.1. The Hall–Kier alpha value is -2.08. The molecule has 1 aromatic heterocycles. The molecule has 0 saturated heterocycles. The van der Waals surface area contributed by atoms with Gasteiger partial charge in [-0.05, 0) is 18.6 Å². The van der Waals surface area contributed by atoms with Crippen LogP contribution >= 0.6 is 0 Å². The zero-order chi connectivity index (χ0) is 14.2. The lowest BCUT2D eigenvalue weighted by Gasteiger charge is -2.08. The van der Waals surface area contributed by atoms with Crippen LogP contribution in [0.15, 0.2) is 30.3 Å². The largest absolute Gasteiger partial charge is 0.477 e. The van der Waals surface area contributed by atoms with Crippen molar-refractivity contribution >= 4 is 10.9 Å². The van der Waals surface area contributed by atoms with Gasteiger partial charge in [0.25, 0.3) is 0 Å². The Kier molecular flexibility index (Phi) is 5.37. The van der Waals surface area contributed by atoms with E-state index in [4.69, 9.17) is 4.74 Å². The fourth-order valence-electron chi connectivity index (χ4n) is 2.16. The summed E-state index contributed by atoms with van der Waals surface area (Å²) in [4.78, 5) is 4.44. The smallest absolute Gasteiger partial charge is 0.232 e. The van der Waals surface area contributed by atoms with Crippen LogP contribution in [0.5, 0.6) is 5.88 Å². The zero-order valence-corrected chi connectivity index (χ0v) is 11.9. The van der Waals surface area contributed by atoms with Gasteiger partial charge >= 0.3 is 0 Å². The summed E-state index contributed by atoms with van der Waals surface area (Å²) in [6, 6.07) is 11.8. The second kappa shape index (κ2) is 7.49. The van der Waals surface area contributed by atoms with E-state index in [1.165, 1.54) is 25.7 Å². The van der Waals surface area contributed by atoms with Crippen LogP contribution < -0.4 is 4.74 Å². The average Bonchev–Trinajstić information content (AvgIpc) is 2.50. The van der Waals surface area contributed by atoms with Gasteiger partial charge in [0.15, 0.2) is 0 Å². The maximum atomic E-state index is 9.18. The van der Waals surface area contributed by atoms with Crippen molar-refractivity contribution in [1.29, 1.82) is 5.26 Å². The topological polar surface area (TPSA) is 45.9 Å². The number of fused-ring (bicyclic) bond motifs is 1. The second-order valence-electron chi connectivity index (χ2n) is 4.91. The fraction of sp³-hybridized carbons (Fsp3) is 0.412. The minimum Gasteiger partial charge on any atom is -0.477 e. The molecule has 1 aromatic carbocycles. The third kappa shape index (κ3) is 3.71. The Balaban J connectivity index is 2.00. The quantitative estimate of drug-likeness (QED) is 0.697. The van der Waals surface area contributed by atoms with Crippen molar-refractivity contribution in [1.82, 2.24) is 4.98 Å². The molecule has 2 aromatic rings. The average molecular weight is 268 g/mol. The van der Waals surface area contributed by atoms with Crippen LogP contribution in [0.1, 0.15) is 44.6 Å². The van der Waals surface area contributed by atoms with Gasteiger partial charge in [0.1, 0.15) is 11.6 Å². The molecule has 0 spiro atoms. The van der Waals surface area contributed by atoms with Crippen molar-refractivity contribution in [2.24, 2.45) is 0 Å². The maximum absolute atomic E-state index is 9.18. The zero-order valence-electron chi connectivity index (χ0n) is 11.9. The lowest BCUT2D eigenvalue weighted by Crippen LogP contribution is -2.01. The Morgan fingerprint density at radius 1 is 1.15 bits per heavy atom. The maximum Gasteiger partial charge on any atom is 0.232 e. The predicted octanol–water partition coefficient (Wildman–Crippen LogP) is 4.46. The SMILES string of the molecule is CCCCCCCOc1nc2ccccc2cc1C#N. The van der Waals surface area contributed by atoms with Gasteiger partial charge in [0, 0.05) is 5.39 Å². The molecule has 3 nitrogen and oxygen atoms in total. The monoisotopic (exact) mass is 268 g/mol. The summed E-state index contributed by atoms with van der Waals surface area (Å²) >= 11 is 0. The minimum absolute atomic E-state index is 0.460.